The number of aliphatic hydroxyl groups is 5. The van der Waals surface area contributed by atoms with Crippen molar-refractivity contribution in [3.63, 3.8) is 0 Å². The molecular weight excluding hydrogens is 779 g/mol. The number of allylic oxidation sites excluding steroid dienone is 8. The van der Waals surface area contributed by atoms with E-state index in [4.69, 9.17) is 18.5 Å². The maximum absolute atomic E-state index is 12.8. The second-order valence-corrected chi connectivity index (χ2v) is 16.9. The van der Waals surface area contributed by atoms with Crippen molar-refractivity contribution in [2.75, 3.05) is 13.2 Å². The van der Waals surface area contributed by atoms with Crippen LogP contribution in [0.15, 0.2) is 48.6 Å². The summed E-state index contributed by atoms with van der Waals surface area (Å²) in [5, 5.41) is 50.1. The van der Waals surface area contributed by atoms with Gasteiger partial charge in [0, 0.05) is 12.8 Å². The molecule has 0 saturated heterocycles. The summed E-state index contributed by atoms with van der Waals surface area (Å²) in [6.45, 7) is 3.21. The molecule has 0 aromatic heterocycles. The Morgan fingerprint density at radius 2 is 0.932 bits per heavy atom. The molecule has 13 nitrogen and oxygen atoms in total. The van der Waals surface area contributed by atoms with E-state index >= 15 is 0 Å². The minimum absolute atomic E-state index is 0.0224. The largest absolute Gasteiger partial charge is 0.472 e. The van der Waals surface area contributed by atoms with E-state index in [2.05, 4.69) is 50.3 Å². The van der Waals surface area contributed by atoms with Crippen LogP contribution in [-0.2, 0) is 32.7 Å². The fraction of sp³-hybridized carbons (Fsp3) is 0.778. The Hall–Kier alpha value is -2.19. The van der Waals surface area contributed by atoms with Crippen molar-refractivity contribution in [3.05, 3.63) is 48.6 Å². The second kappa shape index (κ2) is 35.4. The van der Waals surface area contributed by atoms with Gasteiger partial charge in [-0.15, -0.1) is 0 Å². The van der Waals surface area contributed by atoms with Crippen LogP contribution in [0.25, 0.3) is 0 Å². The van der Waals surface area contributed by atoms with E-state index in [1.165, 1.54) is 64.2 Å². The third-order valence-electron chi connectivity index (χ3n) is 10.1. The molecule has 0 aromatic carbocycles. The predicted octanol–water partition coefficient (Wildman–Crippen LogP) is 8.39. The first-order valence-electron chi connectivity index (χ1n) is 22.4. The third kappa shape index (κ3) is 28.1. The monoisotopic (exact) mass is 859 g/mol. The van der Waals surface area contributed by atoms with Crippen LogP contribution in [0.4, 0.5) is 0 Å². The van der Waals surface area contributed by atoms with Gasteiger partial charge in [0.15, 0.2) is 6.10 Å². The van der Waals surface area contributed by atoms with Gasteiger partial charge in [-0.1, -0.05) is 133 Å². The quantitative estimate of drug-likeness (QED) is 0.0152. The molecule has 6 unspecified atom stereocenters. The maximum atomic E-state index is 12.8. The van der Waals surface area contributed by atoms with Crippen LogP contribution in [0, 0.1) is 0 Å². The van der Waals surface area contributed by atoms with E-state index < -0.39 is 75.7 Å². The van der Waals surface area contributed by atoms with E-state index in [1.54, 1.807) is 0 Å². The summed E-state index contributed by atoms with van der Waals surface area (Å²) in [4.78, 5) is 35.6. The lowest BCUT2D eigenvalue weighted by Crippen LogP contribution is -2.64. The fourth-order valence-corrected chi connectivity index (χ4v) is 7.45. The number of carbonyl (C=O) groups is 2. The molecule has 342 valence electrons. The first-order chi connectivity index (χ1) is 28.4. The number of phosphoric ester groups is 1. The molecule has 0 aliphatic heterocycles. The van der Waals surface area contributed by atoms with Gasteiger partial charge in [-0.2, -0.15) is 0 Å². The molecule has 6 N–H and O–H groups in total. The van der Waals surface area contributed by atoms with Gasteiger partial charge >= 0.3 is 19.8 Å². The number of aliphatic hydroxyl groups excluding tert-OH is 5. The molecule has 0 radical (unpaired) electrons. The van der Waals surface area contributed by atoms with E-state index in [0.717, 1.165) is 57.8 Å². The first-order valence-corrected chi connectivity index (χ1v) is 23.9. The summed E-state index contributed by atoms with van der Waals surface area (Å²) in [5.41, 5.74) is 0. The van der Waals surface area contributed by atoms with Crippen LogP contribution >= 0.6 is 7.82 Å². The lowest BCUT2D eigenvalue weighted by atomic mass is 9.85. The van der Waals surface area contributed by atoms with Crippen molar-refractivity contribution in [2.45, 2.75) is 211 Å². The standard InChI is InChI=1S/C45H79O13P/c1-3-5-7-9-11-13-15-17-18-19-20-22-24-26-28-30-32-34-39(47)57-37(36-56-59(53,54)58-45-43(51)41(49)40(48)42(50)44(45)52)35-55-38(46)33-31-29-27-25-23-21-16-14-12-10-8-6-4-2/h14,16-18,20,22,26,28,37,40-45,48-52H,3-13,15,19,21,23-25,27,29-36H2,1-2H3,(H,53,54)/b16-14+,18-17+,22-20+,28-26+/t37-,40?,41+,42?,43?,44?,45?/m1/s1. The van der Waals surface area contributed by atoms with Crippen LogP contribution in [0.1, 0.15) is 168 Å². The summed E-state index contributed by atoms with van der Waals surface area (Å²) < 4.78 is 33.4. The van der Waals surface area contributed by atoms with E-state index in [9.17, 15) is 44.6 Å². The SMILES string of the molecule is CCCCCC/C=C/CCCCCCCC(=O)OC[C@H](COP(=O)(O)OC1C(O)C(O)C(O)[C@H](O)C1O)OC(=O)CCC/C=C/C/C=C/C/C=C/CCCCCCCC. The van der Waals surface area contributed by atoms with Crippen molar-refractivity contribution >= 4 is 19.8 Å². The van der Waals surface area contributed by atoms with Crippen LogP contribution in [-0.4, -0.2) is 98.3 Å². The first kappa shape index (κ1) is 54.8. The summed E-state index contributed by atoms with van der Waals surface area (Å²) in [6.07, 6.45) is 27.5. The molecule has 1 aliphatic carbocycles. The molecule has 59 heavy (non-hydrogen) atoms. The smallest absolute Gasteiger partial charge is 0.462 e. The van der Waals surface area contributed by atoms with Crippen LogP contribution in [0.5, 0.6) is 0 Å². The highest BCUT2D eigenvalue weighted by atomic mass is 31.2. The summed E-state index contributed by atoms with van der Waals surface area (Å²) >= 11 is 0. The number of unbranched alkanes of at least 4 members (excludes halogenated alkanes) is 16. The normalized spacial score (nSPS) is 22.8. The van der Waals surface area contributed by atoms with Crippen molar-refractivity contribution < 1.29 is 63.1 Å². The third-order valence-corrected chi connectivity index (χ3v) is 11.1. The topological polar surface area (TPSA) is 210 Å². The van der Waals surface area contributed by atoms with Gasteiger partial charge in [-0.3, -0.25) is 18.6 Å². The second-order valence-electron chi connectivity index (χ2n) is 15.5. The molecule has 1 aliphatic rings. The van der Waals surface area contributed by atoms with Crippen LogP contribution < -0.4 is 0 Å². The molecule has 1 fully saturated rings. The van der Waals surface area contributed by atoms with Crippen LogP contribution in [0.2, 0.25) is 0 Å². The summed E-state index contributed by atoms with van der Waals surface area (Å²) in [6, 6.07) is 0. The number of carbonyl (C=O) groups excluding carboxylic acids is 2. The van der Waals surface area contributed by atoms with Gasteiger partial charge in [0.2, 0.25) is 0 Å². The molecule has 0 spiro atoms. The Bertz CT molecular complexity index is 1220. The Balaban J connectivity index is 2.53. The highest BCUT2D eigenvalue weighted by molar-refractivity contribution is 7.47. The Kier molecular flexibility index (Phi) is 32.9. The van der Waals surface area contributed by atoms with E-state index in [0.29, 0.717) is 19.3 Å². The van der Waals surface area contributed by atoms with Gasteiger partial charge in [0.25, 0.3) is 0 Å². The molecule has 0 amide bonds. The van der Waals surface area contributed by atoms with Gasteiger partial charge in [0.05, 0.1) is 6.61 Å². The lowest BCUT2D eigenvalue weighted by molar-refractivity contribution is -0.220. The molecule has 0 aromatic rings. The summed E-state index contributed by atoms with van der Waals surface area (Å²) in [5.74, 6) is -1.17. The van der Waals surface area contributed by atoms with Crippen molar-refractivity contribution in [1.82, 2.24) is 0 Å². The van der Waals surface area contributed by atoms with Gasteiger partial charge in [-0.05, 0) is 70.6 Å². The molecule has 0 bridgehead atoms. The van der Waals surface area contributed by atoms with Gasteiger partial charge in [0.1, 0.15) is 43.2 Å². The van der Waals surface area contributed by atoms with Gasteiger partial charge < -0.3 is 39.9 Å². The number of hydrogen-bond donors (Lipinski definition) is 6. The number of ether oxygens (including phenoxy) is 2. The molecule has 14 heteroatoms. The van der Waals surface area contributed by atoms with E-state index in [1.807, 2.05) is 12.2 Å². The molecule has 1 saturated carbocycles. The zero-order chi connectivity index (χ0) is 43.6. The fourth-order valence-electron chi connectivity index (χ4n) is 6.47. The molecular formula is C45H79O13P. The number of phosphoric acid groups is 1. The molecule has 1 rings (SSSR count). The van der Waals surface area contributed by atoms with E-state index in [-0.39, 0.29) is 12.8 Å². The van der Waals surface area contributed by atoms with Crippen molar-refractivity contribution in [1.29, 1.82) is 0 Å². The Morgan fingerprint density at radius 3 is 1.47 bits per heavy atom. The molecule has 0 heterocycles. The number of esters is 2. The highest BCUT2D eigenvalue weighted by Gasteiger charge is 2.51. The van der Waals surface area contributed by atoms with Gasteiger partial charge in [-0.25, -0.2) is 4.57 Å². The average molecular weight is 859 g/mol. The number of rotatable bonds is 36. The predicted molar refractivity (Wildman–Crippen MR) is 230 cm³/mol. The zero-order valence-electron chi connectivity index (χ0n) is 36.0. The van der Waals surface area contributed by atoms with Crippen molar-refractivity contribution in [2.24, 2.45) is 0 Å². The zero-order valence-corrected chi connectivity index (χ0v) is 36.9. The lowest BCUT2D eigenvalue weighted by Gasteiger charge is -2.41. The Labute approximate surface area is 354 Å². The minimum atomic E-state index is -5.13. The maximum Gasteiger partial charge on any atom is 0.472 e. The Morgan fingerprint density at radius 1 is 0.525 bits per heavy atom. The highest BCUT2D eigenvalue weighted by Crippen LogP contribution is 2.47. The minimum Gasteiger partial charge on any atom is -0.462 e. The molecule has 8 atom stereocenters. The van der Waals surface area contributed by atoms with Crippen LogP contribution in [0.3, 0.4) is 0 Å². The average Bonchev–Trinajstić information content (AvgIpc) is 3.21. The van der Waals surface area contributed by atoms with Crippen molar-refractivity contribution in [3.8, 4) is 0 Å². The number of hydrogen-bond acceptors (Lipinski definition) is 12. The summed E-state index contributed by atoms with van der Waals surface area (Å²) in [7, 11) is -5.13.